The van der Waals surface area contributed by atoms with E-state index < -0.39 is 17.6 Å². The van der Waals surface area contributed by atoms with Gasteiger partial charge in [0.05, 0.1) is 23.1 Å². The maximum Gasteiger partial charge on any atom is 0.418 e. The molecule has 0 unspecified atom stereocenters. The normalized spacial score (nSPS) is 11.3. The maximum atomic E-state index is 13.7. The lowest BCUT2D eigenvalue weighted by atomic mass is 10.1. The van der Waals surface area contributed by atoms with E-state index in [-0.39, 0.29) is 28.2 Å². The second-order valence-corrected chi connectivity index (χ2v) is 5.52. The van der Waals surface area contributed by atoms with Crippen LogP contribution in [0.15, 0.2) is 48.7 Å². The summed E-state index contributed by atoms with van der Waals surface area (Å²) in [6.07, 6.45) is -3.47. The molecule has 0 saturated heterocycles. The molecule has 0 aliphatic heterocycles. The van der Waals surface area contributed by atoms with Crippen LogP contribution in [0.3, 0.4) is 0 Å². The fourth-order valence-corrected chi connectivity index (χ4v) is 2.27. The van der Waals surface area contributed by atoms with Crippen molar-refractivity contribution in [2.45, 2.75) is 6.18 Å². The van der Waals surface area contributed by atoms with Crippen LogP contribution in [0.1, 0.15) is 5.56 Å². The number of anilines is 4. The lowest BCUT2D eigenvalue weighted by molar-refractivity contribution is -0.136. The molecule has 0 radical (unpaired) electrons. The summed E-state index contributed by atoms with van der Waals surface area (Å²) < 4.78 is 53.1. The van der Waals surface area contributed by atoms with Gasteiger partial charge >= 0.3 is 6.18 Å². The number of hydrogen-bond donors (Lipinski definition) is 2. The predicted molar refractivity (Wildman–Crippen MR) is 89.2 cm³/mol. The number of alkyl halides is 3. The van der Waals surface area contributed by atoms with Crippen LogP contribution in [-0.4, -0.2) is 15.2 Å². The summed E-state index contributed by atoms with van der Waals surface area (Å²) in [4.78, 5) is 3.99. The number of aromatic nitrogens is 3. The Morgan fingerprint density at radius 3 is 2.46 bits per heavy atom. The van der Waals surface area contributed by atoms with Crippen molar-refractivity contribution in [3.63, 3.8) is 0 Å². The van der Waals surface area contributed by atoms with Crippen molar-refractivity contribution < 1.29 is 17.6 Å². The second kappa shape index (κ2) is 7.12. The summed E-state index contributed by atoms with van der Waals surface area (Å²) in [5, 5.41) is 12.4. The number of para-hydroxylation sites is 1. The Morgan fingerprint density at radius 2 is 1.73 bits per heavy atom. The summed E-state index contributed by atoms with van der Waals surface area (Å²) in [7, 11) is 0. The summed E-state index contributed by atoms with van der Waals surface area (Å²) in [5.41, 5.74) is -1.10. The van der Waals surface area contributed by atoms with E-state index in [4.69, 9.17) is 11.6 Å². The smallest absolute Gasteiger partial charge is 0.338 e. The van der Waals surface area contributed by atoms with Crippen LogP contribution in [0, 0.1) is 5.82 Å². The van der Waals surface area contributed by atoms with Gasteiger partial charge in [-0.25, -0.2) is 4.39 Å². The van der Waals surface area contributed by atoms with Crippen molar-refractivity contribution >= 4 is 34.7 Å². The van der Waals surface area contributed by atoms with Crippen molar-refractivity contribution in [3.05, 3.63) is 65.1 Å². The molecule has 26 heavy (non-hydrogen) atoms. The Labute approximate surface area is 150 Å². The Kier molecular flexibility index (Phi) is 4.90. The Balaban J connectivity index is 1.87. The van der Waals surface area contributed by atoms with Gasteiger partial charge in [-0.05, 0) is 30.3 Å². The summed E-state index contributed by atoms with van der Waals surface area (Å²) in [5.74, 6) is -0.624. The van der Waals surface area contributed by atoms with Gasteiger partial charge in [-0.3, -0.25) is 0 Å². The minimum atomic E-state index is -4.61. The zero-order chi connectivity index (χ0) is 18.7. The first kappa shape index (κ1) is 17.9. The minimum absolute atomic E-state index is 0.00772. The van der Waals surface area contributed by atoms with Gasteiger partial charge in [0.2, 0.25) is 5.95 Å². The van der Waals surface area contributed by atoms with Gasteiger partial charge in [0.1, 0.15) is 5.82 Å². The fraction of sp³-hybridized carbons (Fsp3) is 0.0625. The summed E-state index contributed by atoms with van der Waals surface area (Å²) in [6.45, 7) is 0. The molecule has 134 valence electrons. The standard InChI is InChI=1S/C16H10ClF4N5/c17-9-5-6-12(10(7-9)16(19,20)21)23-14-8-22-26-15(25-14)24-13-4-2-1-3-11(13)18/h1-8H,(H2,23,24,25,26). The molecule has 10 heteroatoms. The Morgan fingerprint density at radius 1 is 0.962 bits per heavy atom. The van der Waals surface area contributed by atoms with Crippen LogP contribution in [-0.2, 0) is 6.18 Å². The monoisotopic (exact) mass is 383 g/mol. The fourth-order valence-electron chi connectivity index (χ4n) is 2.10. The van der Waals surface area contributed by atoms with E-state index in [1.807, 2.05) is 0 Å². The molecular weight excluding hydrogens is 374 g/mol. The quantitative estimate of drug-likeness (QED) is 0.608. The van der Waals surface area contributed by atoms with Gasteiger partial charge in [-0.1, -0.05) is 23.7 Å². The number of hydrogen-bond acceptors (Lipinski definition) is 5. The SMILES string of the molecule is Fc1ccccc1Nc1nncc(Nc2ccc(Cl)cc2C(F)(F)F)n1. The van der Waals surface area contributed by atoms with E-state index in [2.05, 4.69) is 25.8 Å². The molecule has 2 N–H and O–H groups in total. The molecule has 0 atom stereocenters. The highest BCUT2D eigenvalue weighted by atomic mass is 35.5. The molecule has 0 spiro atoms. The molecule has 0 amide bonds. The molecule has 0 aliphatic carbocycles. The molecule has 5 nitrogen and oxygen atoms in total. The van der Waals surface area contributed by atoms with Crippen LogP contribution in [0.25, 0.3) is 0 Å². The number of rotatable bonds is 4. The number of benzene rings is 2. The van der Waals surface area contributed by atoms with Gasteiger partial charge in [0, 0.05) is 5.02 Å². The van der Waals surface area contributed by atoms with Crippen LogP contribution < -0.4 is 10.6 Å². The van der Waals surface area contributed by atoms with Crippen molar-refractivity contribution in [1.82, 2.24) is 15.2 Å². The van der Waals surface area contributed by atoms with Gasteiger partial charge in [0.15, 0.2) is 5.82 Å². The third-order valence-electron chi connectivity index (χ3n) is 3.23. The average Bonchev–Trinajstić information content (AvgIpc) is 2.58. The van der Waals surface area contributed by atoms with Gasteiger partial charge in [-0.2, -0.15) is 23.3 Å². The van der Waals surface area contributed by atoms with Crippen LogP contribution in [0.5, 0.6) is 0 Å². The molecule has 3 aromatic rings. The topological polar surface area (TPSA) is 62.7 Å². The Bertz CT molecular complexity index is 933. The number of nitrogens with one attached hydrogen (secondary N) is 2. The molecule has 3 rings (SSSR count). The molecule has 0 aliphatic rings. The average molecular weight is 384 g/mol. The third kappa shape index (κ3) is 4.17. The van der Waals surface area contributed by atoms with Crippen molar-refractivity contribution in [2.24, 2.45) is 0 Å². The molecule has 2 aromatic carbocycles. The number of halogens is 5. The van der Waals surface area contributed by atoms with Crippen molar-refractivity contribution in [1.29, 1.82) is 0 Å². The third-order valence-corrected chi connectivity index (χ3v) is 3.46. The molecule has 1 heterocycles. The first-order chi connectivity index (χ1) is 12.3. The molecule has 0 fully saturated rings. The van der Waals surface area contributed by atoms with E-state index in [0.29, 0.717) is 0 Å². The first-order valence-corrected chi connectivity index (χ1v) is 7.56. The van der Waals surface area contributed by atoms with E-state index in [0.717, 1.165) is 12.3 Å². The zero-order valence-corrected chi connectivity index (χ0v) is 13.6. The van der Waals surface area contributed by atoms with Crippen LogP contribution in [0.4, 0.5) is 40.7 Å². The van der Waals surface area contributed by atoms with E-state index in [1.165, 1.54) is 30.3 Å². The van der Waals surface area contributed by atoms with E-state index >= 15 is 0 Å². The van der Waals surface area contributed by atoms with E-state index in [1.54, 1.807) is 6.07 Å². The highest BCUT2D eigenvalue weighted by Gasteiger charge is 2.34. The van der Waals surface area contributed by atoms with Gasteiger partial charge in [-0.15, -0.1) is 5.10 Å². The minimum Gasteiger partial charge on any atom is -0.338 e. The van der Waals surface area contributed by atoms with E-state index in [9.17, 15) is 17.6 Å². The predicted octanol–water partition coefficient (Wildman–Crippen LogP) is 5.17. The second-order valence-electron chi connectivity index (χ2n) is 5.08. The van der Waals surface area contributed by atoms with Crippen molar-refractivity contribution in [2.75, 3.05) is 10.6 Å². The summed E-state index contributed by atoms with van der Waals surface area (Å²) >= 11 is 5.64. The maximum absolute atomic E-state index is 13.7. The Hall–Kier alpha value is -2.94. The molecule has 0 saturated carbocycles. The molecular formula is C16H10ClF4N5. The lowest BCUT2D eigenvalue weighted by Crippen LogP contribution is -2.10. The number of nitrogens with zero attached hydrogens (tertiary/aromatic N) is 3. The largest absolute Gasteiger partial charge is 0.418 e. The van der Waals surface area contributed by atoms with Crippen LogP contribution >= 0.6 is 11.6 Å². The highest BCUT2D eigenvalue weighted by Crippen LogP contribution is 2.37. The van der Waals surface area contributed by atoms with Crippen LogP contribution in [0.2, 0.25) is 5.02 Å². The molecule has 0 bridgehead atoms. The molecule has 1 aromatic heterocycles. The summed E-state index contributed by atoms with van der Waals surface area (Å²) in [6, 6.07) is 9.10. The zero-order valence-electron chi connectivity index (χ0n) is 12.9. The highest BCUT2D eigenvalue weighted by molar-refractivity contribution is 6.30. The van der Waals surface area contributed by atoms with Gasteiger partial charge < -0.3 is 10.6 Å². The van der Waals surface area contributed by atoms with Gasteiger partial charge in [0.25, 0.3) is 0 Å². The lowest BCUT2D eigenvalue weighted by Gasteiger charge is -2.14. The first-order valence-electron chi connectivity index (χ1n) is 7.18. The van der Waals surface area contributed by atoms with Crippen molar-refractivity contribution in [3.8, 4) is 0 Å².